The van der Waals surface area contributed by atoms with Crippen molar-refractivity contribution in [2.75, 3.05) is 19.4 Å². The molecule has 0 amide bonds. The Hall–Kier alpha value is 0.137. The number of hydrogen-bond donors (Lipinski definition) is 0. The third-order valence-electron chi connectivity index (χ3n) is 1.93. The molecule has 1 aliphatic rings. The van der Waals surface area contributed by atoms with Crippen LogP contribution in [0.4, 0.5) is 0 Å². The van der Waals surface area contributed by atoms with Gasteiger partial charge in [0.25, 0.3) is 0 Å². The van der Waals surface area contributed by atoms with E-state index >= 15 is 0 Å². The van der Waals surface area contributed by atoms with Gasteiger partial charge in [0.05, 0.1) is 6.23 Å². The van der Waals surface area contributed by atoms with Gasteiger partial charge in [-0.25, -0.2) is 0 Å². The van der Waals surface area contributed by atoms with Crippen molar-refractivity contribution in [2.24, 2.45) is 0 Å². The average Bonchev–Trinajstić information content (AvgIpc) is 2.07. The summed E-state index contributed by atoms with van der Waals surface area (Å²) in [6.45, 7) is 4.04. The molecule has 66 valence electrons. The fraction of sp³-hybridized carbons (Fsp3) is 1.00. The van der Waals surface area contributed by atoms with Crippen LogP contribution in [0.15, 0.2) is 0 Å². The zero-order chi connectivity index (χ0) is 7.94. The predicted octanol–water partition coefficient (Wildman–Crippen LogP) is 1.49. The lowest BCUT2D eigenvalue weighted by Gasteiger charge is -2.20. The fourth-order valence-corrected chi connectivity index (χ4v) is 3.40. The number of hydrogen-bond acceptors (Lipinski definition) is 2. The van der Waals surface area contributed by atoms with Gasteiger partial charge in [-0.05, 0) is 18.9 Å². The Balaban J connectivity index is 1.96. The monoisotopic (exact) mass is 174 g/mol. The molecule has 1 fully saturated rings. The summed E-state index contributed by atoms with van der Waals surface area (Å²) < 4.78 is 11.1. The van der Waals surface area contributed by atoms with Crippen molar-refractivity contribution in [1.82, 2.24) is 0 Å². The summed E-state index contributed by atoms with van der Waals surface area (Å²) in [4.78, 5) is 0. The van der Waals surface area contributed by atoms with Gasteiger partial charge < -0.3 is 9.16 Å². The van der Waals surface area contributed by atoms with E-state index in [0.717, 1.165) is 25.9 Å². The highest BCUT2D eigenvalue weighted by molar-refractivity contribution is 6.51. The molecule has 3 heteroatoms. The number of rotatable bonds is 4. The van der Waals surface area contributed by atoms with Crippen LogP contribution in [0.2, 0.25) is 6.04 Å². The largest absolute Gasteiger partial charge is 0.418 e. The predicted molar refractivity (Wildman–Crippen MR) is 48.3 cm³/mol. The van der Waals surface area contributed by atoms with Crippen LogP contribution in [-0.2, 0) is 9.16 Å². The third-order valence-corrected chi connectivity index (χ3v) is 4.29. The molecule has 2 nitrogen and oxygen atoms in total. The van der Waals surface area contributed by atoms with Gasteiger partial charge in [0, 0.05) is 13.2 Å². The van der Waals surface area contributed by atoms with Crippen LogP contribution in [0.25, 0.3) is 0 Å². The zero-order valence-electron chi connectivity index (χ0n) is 7.34. The fourth-order valence-electron chi connectivity index (χ4n) is 1.30. The molecule has 0 aromatic carbocycles. The standard InChI is InChI=1S/C8H18O2Si/c1-2-5-9-8-11-7-4-3-6-10-11/h11H,2-8H2,1H3. The maximum Gasteiger partial charge on any atom is 0.202 e. The lowest BCUT2D eigenvalue weighted by atomic mass is 10.4. The highest BCUT2D eigenvalue weighted by atomic mass is 28.3. The van der Waals surface area contributed by atoms with Gasteiger partial charge in [0.15, 0.2) is 0 Å². The van der Waals surface area contributed by atoms with E-state index in [1.807, 2.05) is 0 Å². The zero-order valence-corrected chi connectivity index (χ0v) is 8.50. The summed E-state index contributed by atoms with van der Waals surface area (Å²) in [5, 5.41) is 0. The summed E-state index contributed by atoms with van der Waals surface area (Å²) >= 11 is 0. The minimum absolute atomic E-state index is 0.880. The first kappa shape index (κ1) is 9.23. The van der Waals surface area contributed by atoms with Crippen molar-refractivity contribution in [3.8, 4) is 0 Å². The summed E-state index contributed by atoms with van der Waals surface area (Å²) in [6.07, 6.45) is 4.69. The molecule has 1 atom stereocenters. The molecule has 0 N–H and O–H groups in total. The van der Waals surface area contributed by atoms with Gasteiger partial charge in [0.2, 0.25) is 9.04 Å². The maximum atomic E-state index is 5.64. The molecule has 1 unspecified atom stereocenters. The molecule has 0 saturated carbocycles. The molecule has 0 radical (unpaired) electrons. The van der Waals surface area contributed by atoms with Gasteiger partial charge in [-0.15, -0.1) is 0 Å². The first-order valence-electron chi connectivity index (χ1n) is 4.63. The second-order valence-electron chi connectivity index (χ2n) is 3.06. The molecule has 11 heavy (non-hydrogen) atoms. The molecule has 0 aliphatic carbocycles. The maximum absolute atomic E-state index is 5.64. The Bertz CT molecular complexity index is 92.1. The van der Waals surface area contributed by atoms with E-state index in [9.17, 15) is 0 Å². The molecule has 1 rings (SSSR count). The molecule has 1 aliphatic heterocycles. The van der Waals surface area contributed by atoms with Crippen molar-refractivity contribution in [2.45, 2.75) is 32.2 Å². The second kappa shape index (κ2) is 5.74. The Morgan fingerprint density at radius 1 is 1.45 bits per heavy atom. The van der Waals surface area contributed by atoms with Crippen LogP contribution in [0.3, 0.4) is 0 Å². The lowest BCUT2D eigenvalue weighted by Crippen LogP contribution is -2.29. The number of ether oxygens (including phenoxy) is 1. The second-order valence-corrected chi connectivity index (χ2v) is 5.55. The Morgan fingerprint density at radius 3 is 3.00 bits per heavy atom. The summed E-state index contributed by atoms with van der Waals surface area (Å²) in [5.41, 5.74) is 0. The van der Waals surface area contributed by atoms with Crippen molar-refractivity contribution in [3.05, 3.63) is 0 Å². The van der Waals surface area contributed by atoms with E-state index in [1.165, 1.54) is 18.9 Å². The molecular formula is C8H18O2Si. The summed E-state index contributed by atoms with van der Waals surface area (Å²) in [6, 6.07) is 1.32. The van der Waals surface area contributed by atoms with Gasteiger partial charge in [-0.3, -0.25) is 0 Å². The van der Waals surface area contributed by atoms with Crippen molar-refractivity contribution in [3.63, 3.8) is 0 Å². The Labute approximate surface area is 70.6 Å². The first-order chi connectivity index (χ1) is 5.43. The normalized spacial score (nSPS) is 25.4. The quantitative estimate of drug-likeness (QED) is 0.475. The van der Waals surface area contributed by atoms with Crippen molar-refractivity contribution in [1.29, 1.82) is 0 Å². The van der Waals surface area contributed by atoms with Crippen LogP contribution in [0, 0.1) is 0 Å². The van der Waals surface area contributed by atoms with E-state index in [2.05, 4.69) is 6.92 Å². The minimum Gasteiger partial charge on any atom is -0.418 e. The van der Waals surface area contributed by atoms with Gasteiger partial charge in [-0.2, -0.15) is 0 Å². The molecular weight excluding hydrogens is 156 g/mol. The highest BCUT2D eigenvalue weighted by Crippen LogP contribution is 2.10. The minimum atomic E-state index is -0.880. The van der Waals surface area contributed by atoms with Crippen molar-refractivity contribution < 1.29 is 9.16 Å². The van der Waals surface area contributed by atoms with Crippen LogP contribution < -0.4 is 0 Å². The molecule has 0 aromatic rings. The summed E-state index contributed by atoms with van der Waals surface area (Å²) in [7, 11) is -0.880. The average molecular weight is 174 g/mol. The van der Waals surface area contributed by atoms with E-state index in [4.69, 9.17) is 9.16 Å². The molecule has 1 saturated heterocycles. The Morgan fingerprint density at radius 2 is 2.36 bits per heavy atom. The molecule has 0 spiro atoms. The van der Waals surface area contributed by atoms with Crippen LogP contribution in [-0.4, -0.2) is 28.5 Å². The van der Waals surface area contributed by atoms with Gasteiger partial charge in [-0.1, -0.05) is 13.3 Å². The van der Waals surface area contributed by atoms with E-state index in [0.29, 0.717) is 0 Å². The molecule has 1 heterocycles. The highest BCUT2D eigenvalue weighted by Gasteiger charge is 2.15. The first-order valence-corrected chi connectivity index (χ1v) is 6.73. The van der Waals surface area contributed by atoms with E-state index in [1.54, 1.807) is 0 Å². The third kappa shape index (κ3) is 3.89. The topological polar surface area (TPSA) is 18.5 Å². The lowest BCUT2D eigenvalue weighted by molar-refractivity contribution is 0.154. The molecule has 0 bridgehead atoms. The molecule has 0 aromatic heterocycles. The van der Waals surface area contributed by atoms with Crippen LogP contribution in [0.5, 0.6) is 0 Å². The van der Waals surface area contributed by atoms with E-state index in [-0.39, 0.29) is 0 Å². The SMILES string of the molecule is CCCOC[SiH]1CCCCO1. The smallest absolute Gasteiger partial charge is 0.202 e. The van der Waals surface area contributed by atoms with Crippen LogP contribution >= 0.6 is 0 Å². The van der Waals surface area contributed by atoms with Gasteiger partial charge in [0.1, 0.15) is 0 Å². The summed E-state index contributed by atoms with van der Waals surface area (Å²) in [5.74, 6) is 0. The van der Waals surface area contributed by atoms with E-state index < -0.39 is 9.04 Å². The Kier molecular flexibility index (Phi) is 4.82. The van der Waals surface area contributed by atoms with Crippen molar-refractivity contribution >= 4 is 9.04 Å². The van der Waals surface area contributed by atoms with Crippen LogP contribution in [0.1, 0.15) is 26.2 Å². The van der Waals surface area contributed by atoms with Gasteiger partial charge >= 0.3 is 0 Å².